The number of pyridine rings is 1. The highest BCUT2D eigenvalue weighted by Crippen LogP contribution is 2.12. The van der Waals surface area contributed by atoms with Crippen LogP contribution in [-0.4, -0.2) is 28.9 Å². The number of guanidine groups is 1. The highest BCUT2D eigenvalue weighted by Gasteiger charge is 2.16. The number of hydrogen-bond donors (Lipinski definition) is 1. The van der Waals surface area contributed by atoms with Crippen LogP contribution in [0.5, 0.6) is 0 Å². The maximum absolute atomic E-state index is 4.76. The lowest BCUT2D eigenvalue weighted by Gasteiger charge is -2.21. The topological polar surface area (TPSA) is 40.5 Å². The van der Waals surface area contributed by atoms with Crippen LogP contribution in [0.2, 0.25) is 0 Å². The van der Waals surface area contributed by atoms with E-state index in [2.05, 4.69) is 27.3 Å². The molecule has 0 bridgehead atoms. The molecule has 1 aliphatic heterocycles. The van der Waals surface area contributed by atoms with Crippen LogP contribution in [-0.2, 0) is 6.54 Å². The number of nitrogens with one attached hydrogen (secondary N) is 1. The summed E-state index contributed by atoms with van der Waals surface area (Å²) in [6, 6.07) is 16.2. The summed E-state index contributed by atoms with van der Waals surface area (Å²) < 4.78 is 0. The second-order valence-electron chi connectivity index (χ2n) is 5.16. The highest BCUT2D eigenvalue weighted by atomic mass is 15.3. The van der Waals surface area contributed by atoms with Gasteiger partial charge < -0.3 is 10.2 Å². The van der Waals surface area contributed by atoms with Gasteiger partial charge in [0.15, 0.2) is 5.96 Å². The average Bonchev–Trinajstić information content (AvgIpc) is 3.08. The van der Waals surface area contributed by atoms with E-state index in [1.54, 1.807) is 6.20 Å². The molecule has 1 saturated heterocycles. The largest absolute Gasteiger partial charge is 0.343 e. The first-order chi connectivity index (χ1) is 10.4. The van der Waals surface area contributed by atoms with E-state index in [0.29, 0.717) is 6.54 Å². The summed E-state index contributed by atoms with van der Waals surface area (Å²) in [5, 5.41) is 3.36. The van der Waals surface area contributed by atoms with Crippen LogP contribution in [0, 0.1) is 0 Å². The molecule has 0 unspecified atom stereocenters. The lowest BCUT2D eigenvalue weighted by Crippen LogP contribution is -2.34. The van der Waals surface area contributed by atoms with Crippen molar-refractivity contribution in [1.82, 2.24) is 9.88 Å². The molecular formula is C17H20N4. The Bertz CT molecular complexity index is 574. The lowest BCUT2D eigenvalue weighted by molar-refractivity contribution is 0.515. The minimum atomic E-state index is 0.687. The number of anilines is 1. The molecule has 1 fully saturated rings. The van der Waals surface area contributed by atoms with Crippen molar-refractivity contribution in [2.45, 2.75) is 19.4 Å². The molecule has 0 saturated carbocycles. The third-order valence-corrected chi connectivity index (χ3v) is 3.56. The Hall–Kier alpha value is -2.36. The molecule has 1 aliphatic rings. The van der Waals surface area contributed by atoms with E-state index in [9.17, 15) is 0 Å². The Labute approximate surface area is 125 Å². The van der Waals surface area contributed by atoms with E-state index in [1.807, 2.05) is 36.4 Å². The molecule has 2 aromatic rings. The van der Waals surface area contributed by atoms with Crippen molar-refractivity contribution in [3.05, 3.63) is 60.3 Å². The van der Waals surface area contributed by atoms with Gasteiger partial charge in [0.05, 0.1) is 6.54 Å². The first-order valence-electron chi connectivity index (χ1n) is 7.43. The monoisotopic (exact) mass is 280 g/mol. The molecule has 0 radical (unpaired) electrons. The zero-order chi connectivity index (χ0) is 14.3. The molecule has 0 atom stereocenters. The maximum Gasteiger partial charge on any atom is 0.199 e. The molecule has 1 aromatic carbocycles. The van der Waals surface area contributed by atoms with Crippen molar-refractivity contribution >= 4 is 11.8 Å². The fourth-order valence-corrected chi connectivity index (χ4v) is 2.45. The van der Waals surface area contributed by atoms with Crippen molar-refractivity contribution < 1.29 is 0 Å². The summed E-state index contributed by atoms with van der Waals surface area (Å²) in [5.74, 6) is 1.77. The molecule has 108 valence electrons. The Balaban J connectivity index is 1.75. The zero-order valence-corrected chi connectivity index (χ0v) is 12.1. The van der Waals surface area contributed by atoms with Crippen LogP contribution in [0.4, 0.5) is 5.82 Å². The van der Waals surface area contributed by atoms with Gasteiger partial charge in [0, 0.05) is 19.3 Å². The number of benzene rings is 1. The summed E-state index contributed by atoms with van der Waals surface area (Å²) in [7, 11) is 0. The number of hydrogen-bond acceptors (Lipinski definition) is 2. The van der Waals surface area contributed by atoms with Crippen molar-refractivity contribution in [2.24, 2.45) is 4.99 Å². The summed E-state index contributed by atoms with van der Waals surface area (Å²) in [6.07, 6.45) is 4.25. The van der Waals surface area contributed by atoms with E-state index >= 15 is 0 Å². The van der Waals surface area contributed by atoms with Gasteiger partial charge in [-0.1, -0.05) is 36.4 Å². The Morgan fingerprint density at radius 3 is 2.52 bits per heavy atom. The van der Waals surface area contributed by atoms with Crippen LogP contribution in [0.1, 0.15) is 18.4 Å². The Kier molecular flexibility index (Phi) is 4.46. The highest BCUT2D eigenvalue weighted by molar-refractivity contribution is 5.92. The molecule has 1 aromatic heterocycles. The van der Waals surface area contributed by atoms with Gasteiger partial charge in [-0.25, -0.2) is 9.98 Å². The minimum absolute atomic E-state index is 0.687. The first-order valence-corrected chi connectivity index (χ1v) is 7.43. The van der Waals surface area contributed by atoms with Crippen LogP contribution >= 0.6 is 0 Å². The summed E-state index contributed by atoms with van der Waals surface area (Å²) >= 11 is 0. The lowest BCUT2D eigenvalue weighted by atomic mass is 10.2. The number of aliphatic imine (C=N–C) groups is 1. The molecular weight excluding hydrogens is 260 g/mol. The van der Waals surface area contributed by atoms with Gasteiger partial charge in [0.25, 0.3) is 0 Å². The molecule has 1 N–H and O–H groups in total. The second kappa shape index (κ2) is 6.88. The minimum Gasteiger partial charge on any atom is -0.343 e. The summed E-state index contributed by atoms with van der Waals surface area (Å²) in [4.78, 5) is 11.4. The van der Waals surface area contributed by atoms with Gasteiger partial charge >= 0.3 is 0 Å². The van der Waals surface area contributed by atoms with Gasteiger partial charge in [-0.2, -0.15) is 0 Å². The van der Waals surface area contributed by atoms with Gasteiger partial charge in [-0.05, 0) is 30.5 Å². The Morgan fingerprint density at radius 2 is 1.81 bits per heavy atom. The van der Waals surface area contributed by atoms with E-state index in [0.717, 1.165) is 24.9 Å². The van der Waals surface area contributed by atoms with Crippen LogP contribution in [0.15, 0.2) is 59.7 Å². The van der Waals surface area contributed by atoms with Crippen LogP contribution in [0.3, 0.4) is 0 Å². The third kappa shape index (κ3) is 3.81. The molecule has 3 rings (SSSR count). The quantitative estimate of drug-likeness (QED) is 0.693. The normalized spacial score (nSPS) is 15.2. The van der Waals surface area contributed by atoms with E-state index in [-0.39, 0.29) is 0 Å². The molecule has 4 heteroatoms. The van der Waals surface area contributed by atoms with Crippen LogP contribution in [0.25, 0.3) is 0 Å². The fourth-order valence-electron chi connectivity index (χ4n) is 2.45. The standard InChI is InChI=1S/C17H20N4/c1-2-8-15(9-3-1)14-19-17(21-12-6-7-13-21)20-16-10-4-5-11-18-16/h1-5,8-11H,6-7,12-14H2,(H,18,19,20). The predicted octanol–water partition coefficient (Wildman–Crippen LogP) is 3.15. The SMILES string of the molecule is c1ccc(CN=C(Nc2ccccn2)N2CCCC2)cc1. The van der Waals surface area contributed by atoms with Gasteiger partial charge in [-0.3, -0.25) is 0 Å². The first kappa shape index (κ1) is 13.6. The van der Waals surface area contributed by atoms with Gasteiger partial charge in [0.1, 0.15) is 5.82 Å². The van der Waals surface area contributed by atoms with Crippen LogP contribution < -0.4 is 5.32 Å². The molecule has 21 heavy (non-hydrogen) atoms. The molecule has 0 amide bonds. The smallest absolute Gasteiger partial charge is 0.199 e. The number of rotatable bonds is 3. The average molecular weight is 280 g/mol. The summed E-state index contributed by atoms with van der Waals surface area (Å²) in [5.41, 5.74) is 1.22. The van der Waals surface area contributed by atoms with Gasteiger partial charge in [-0.15, -0.1) is 0 Å². The zero-order valence-electron chi connectivity index (χ0n) is 12.1. The van der Waals surface area contributed by atoms with Crippen molar-refractivity contribution in [3.63, 3.8) is 0 Å². The summed E-state index contributed by atoms with van der Waals surface area (Å²) in [6.45, 7) is 2.81. The van der Waals surface area contributed by atoms with E-state index in [1.165, 1.54) is 18.4 Å². The van der Waals surface area contributed by atoms with Crippen molar-refractivity contribution in [3.8, 4) is 0 Å². The fraction of sp³-hybridized carbons (Fsp3) is 0.294. The maximum atomic E-state index is 4.76. The number of nitrogens with zero attached hydrogens (tertiary/aromatic N) is 3. The Morgan fingerprint density at radius 1 is 1.05 bits per heavy atom. The van der Waals surface area contributed by atoms with E-state index in [4.69, 9.17) is 4.99 Å². The third-order valence-electron chi connectivity index (χ3n) is 3.56. The molecule has 2 heterocycles. The molecule has 4 nitrogen and oxygen atoms in total. The molecule has 0 aliphatic carbocycles. The second-order valence-corrected chi connectivity index (χ2v) is 5.16. The van der Waals surface area contributed by atoms with Gasteiger partial charge in [0.2, 0.25) is 0 Å². The number of aromatic nitrogens is 1. The van der Waals surface area contributed by atoms with Crippen molar-refractivity contribution in [1.29, 1.82) is 0 Å². The molecule has 0 spiro atoms. The predicted molar refractivity (Wildman–Crippen MR) is 86.2 cm³/mol. The van der Waals surface area contributed by atoms with Crippen molar-refractivity contribution in [2.75, 3.05) is 18.4 Å². The van der Waals surface area contributed by atoms with E-state index < -0.39 is 0 Å². The number of likely N-dealkylation sites (tertiary alicyclic amines) is 1.